The summed E-state index contributed by atoms with van der Waals surface area (Å²) in [6, 6.07) is 13.7. The van der Waals surface area contributed by atoms with Crippen LogP contribution in [-0.4, -0.2) is 11.9 Å². The summed E-state index contributed by atoms with van der Waals surface area (Å²) in [5, 5.41) is 8.87. The van der Waals surface area contributed by atoms with Gasteiger partial charge in [-0.2, -0.15) is 5.26 Å². The highest BCUT2D eigenvalue weighted by Crippen LogP contribution is 2.46. The van der Waals surface area contributed by atoms with Crippen molar-refractivity contribution in [2.75, 3.05) is 0 Å². The lowest BCUT2D eigenvalue weighted by atomic mass is 9.73. The Morgan fingerprint density at radius 2 is 1.48 bits per heavy atom. The van der Waals surface area contributed by atoms with E-state index in [9.17, 15) is 4.79 Å². The molecule has 0 saturated heterocycles. The number of nitriles is 1. The highest BCUT2D eigenvalue weighted by molar-refractivity contribution is 5.57. The van der Waals surface area contributed by atoms with Crippen LogP contribution in [0.5, 0.6) is 5.75 Å². The summed E-state index contributed by atoms with van der Waals surface area (Å²) >= 11 is 0. The summed E-state index contributed by atoms with van der Waals surface area (Å²) in [7, 11) is 0. The Morgan fingerprint density at radius 1 is 0.968 bits per heavy atom. The molecule has 0 aromatic heterocycles. The number of aryl methyl sites for hydroxylation is 1. The van der Waals surface area contributed by atoms with Gasteiger partial charge in [0.05, 0.1) is 11.6 Å². The maximum Gasteiger partial charge on any atom is 0.126 e. The monoisotopic (exact) mass is 415 g/mol. The van der Waals surface area contributed by atoms with Crippen molar-refractivity contribution in [2.24, 2.45) is 5.41 Å². The van der Waals surface area contributed by atoms with Crippen LogP contribution >= 0.6 is 0 Å². The van der Waals surface area contributed by atoms with Gasteiger partial charge in [-0.15, -0.1) is 0 Å². The number of aldehydes is 1. The predicted octanol–water partition coefficient (Wildman–Crippen LogP) is 6.34. The molecule has 2 aromatic carbocycles. The van der Waals surface area contributed by atoms with Crippen LogP contribution in [0.3, 0.4) is 0 Å². The number of fused-ring (bicyclic) bond motifs is 1. The molecule has 0 atom stereocenters. The Labute approximate surface area is 187 Å². The third-order valence-electron chi connectivity index (χ3n) is 4.97. The van der Waals surface area contributed by atoms with Crippen LogP contribution in [0.1, 0.15) is 82.7 Å². The third-order valence-corrected chi connectivity index (χ3v) is 4.97. The van der Waals surface area contributed by atoms with Gasteiger partial charge in [0.25, 0.3) is 0 Å². The molecule has 1 aliphatic heterocycles. The number of carbonyl (C=O) groups is 1. The summed E-state index contributed by atoms with van der Waals surface area (Å²) in [6.07, 6.45) is 1.91. The zero-order valence-corrected chi connectivity index (χ0v) is 20.0. The van der Waals surface area contributed by atoms with Gasteiger partial charge in [0.2, 0.25) is 0 Å². The molecule has 0 saturated carbocycles. The van der Waals surface area contributed by atoms with Crippen molar-refractivity contribution in [1.82, 2.24) is 0 Å². The molecule has 0 unspecified atom stereocenters. The van der Waals surface area contributed by atoms with E-state index in [2.05, 4.69) is 64.7 Å². The van der Waals surface area contributed by atoms with Gasteiger partial charge in [-0.3, -0.25) is 0 Å². The Balaban J connectivity index is 0.000000501. The number of ether oxygens (including phenoxy) is 1. The fourth-order valence-corrected chi connectivity index (χ4v) is 3.73. The van der Waals surface area contributed by atoms with Crippen molar-refractivity contribution in [2.45, 2.75) is 72.8 Å². The molecule has 0 N–H and O–H groups in total. The van der Waals surface area contributed by atoms with Crippen molar-refractivity contribution >= 4 is 6.29 Å². The molecule has 0 spiro atoms. The Bertz CT molecular complexity index is 1050. The van der Waals surface area contributed by atoms with Gasteiger partial charge in [-0.05, 0) is 74.6 Å². The summed E-state index contributed by atoms with van der Waals surface area (Å²) in [4.78, 5) is 9.83. The zero-order valence-electron chi connectivity index (χ0n) is 20.0. The first kappa shape index (κ1) is 24.2. The maximum atomic E-state index is 9.83. The molecule has 0 amide bonds. The fraction of sp³-hybridized carbons (Fsp3) is 0.429. The second-order valence-electron chi connectivity index (χ2n) is 10.5. The van der Waals surface area contributed by atoms with Crippen molar-refractivity contribution in [3.05, 3.63) is 64.2 Å². The van der Waals surface area contributed by atoms with E-state index in [1.54, 1.807) is 12.1 Å². The van der Waals surface area contributed by atoms with Crippen LogP contribution in [0.15, 0.2) is 36.4 Å². The minimum atomic E-state index is -0.156. The SMILES string of the molecule is CC(C)(C)C=O.Cc1cc(C#Cc2ccc(C#N)cc2)cc2c1OC(C)(C)CC2(C)C. The number of hydrogen-bond acceptors (Lipinski definition) is 3. The standard InChI is InChI=1S/C23H23NO.C5H10O/c1-16-12-19(11-8-17-6-9-18(14-24)10-7-17)13-20-21(16)25-23(4,5)15-22(20,2)3;1-5(2,3)4-6/h6-7,9-10,12-13H,15H2,1-5H3;4H,1-3H3. The molecular weight excluding hydrogens is 382 g/mol. The molecular formula is C28H33NO2. The van der Waals surface area contributed by atoms with Crippen molar-refractivity contribution in [1.29, 1.82) is 5.26 Å². The van der Waals surface area contributed by atoms with E-state index in [1.165, 1.54) is 5.56 Å². The van der Waals surface area contributed by atoms with Crippen LogP contribution in [0, 0.1) is 35.5 Å². The van der Waals surface area contributed by atoms with Gasteiger partial charge in [-0.1, -0.05) is 46.5 Å². The largest absolute Gasteiger partial charge is 0.487 e. The lowest BCUT2D eigenvalue weighted by Crippen LogP contribution is -2.41. The molecule has 3 heteroatoms. The molecule has 162 valence electrons. The van der Waals surface area contributed by atoms with Gasteiger partial charge in [0, 0.05) is 22.1 Å². The second kappa shape index (κ2) is 8.99. The number of rotatable bonds is 0. The first-order valence-electron chi connectivity index (χ1n) is 10.6. The van der Waals surface area contributed by atoms with Crippen molar-refractivity contribution < 1.29 is 9.53 Å². The summed E-state index contributed by atoms with van der Waals surface area (Å²) in [5.74, 6) is 7.45. The maximum absolute atomic E-state index is 9.83. The first-order chi connectivity index (χ1) is 14.3. The van der Waals surface area contributed by atoms with E-state index in [0.29, 0.717) is 5.56 Å². The van der Waals surface area contributed by atoms with Crippen LogP contribution in [-0.2, 0) is 10.2 Å². The molecule has 0 radical (unpaired) electrons. The fourth-order valence-electron chi connectivity index (χ4n) is 3.73. The van der Waals surface area contributed by atoms with E-state index in [4.69, 9.17) is 10.00 Å². The van der Waals surface area contributed by atoms with Gasteiger partial charge in [0.15, 0.2) is 0 Å². The smallest absolute Gasteiger partial charge is 0.126 e. The van der Waals surface area contributed by atoms with Gasteiger partial charge >= 0.3 is 0 Å². The van der Waals surface area contributed by atoms with Crippen LogP contribution in [0.4, 0.5) is 0 Å². The minimum absolute atomic E-state index is 0.0496. The molecule has 1 heterocycles. The molecule has 0 bridgehead atoms. The summed E-state index contributed by atoms with van der Waals surface area (Å²) in [5.41, 5.74) is 4.67. The van der Waals surface area contributed by atoms with E-state index in [1.807, 2.05) is 32.9 Å². The van der Waals surface area contributed by atoms with E-state index in [0.717, 1.165) is 35.1 Å². The molecule has 0 aliphatic carbocycles. The lowest BCUT2D eigenvalue weighted by Gasteiger charge is -2.43. The van der Waals surface area contributed by atoms with Crippen LogP contribution < -0.4 is 4.74 Å². The second-order valence-corrected chi connectivity index (χ2v) is 10.5. The van der Waals surface area contributed by atoms with Crippen molar-refractivity contribution in [3.63, 3.8) is 0 Å². The third kappa shape index (κ3) is 6.73. The average Bonchev–Trinajstić information content (AvgIpc) is 2.66. The topological polar surface area (TPSA) is 50.1 Å². The number of nitrogens with zero attached hydrogens (tertiary/aromatic N) is 1. The number of hydrogen-bond donors (Lipinski definition) is 0. The van der Waals surface area contributed by atoms with Crippen LogP contribution in [0.25, 0.3) is 0 Å². The Hall–Kier alpha value is -3.04. The summed E-state index contributed by atoms with van der Waals surface area (Å²) in [6.45, 7) is 16.6. The average molecular weight is 416 g/mol. The van der Waals surface area contributed by atoms with Gasteiger partial charge < -0.3 is 9.53 Å². The normalized spacial score (nSPS) is 15.6. The molecule has 31 heavy (non-hydrogen) atoms. The lowest BCUT2D eigenvalue weighted by molar-refractivity contribution is -0.113. The molecule has 1 aliphatic rings. The highest BCUT2D eigenvalue weighted by Gasteiger charge is 2.39. The Kier molecular flexibility index (Phi) is 7.03. The van der Waals surface area contributed by atoms with Crippen molar-refractivity contribution in [3.8, 4) is 23.7 Å². The predicted molar refractivity (Wildman–Crippen MR) is 126 cm³/mol. The molecule has 3 rings (SSSR count). The van der Waals surface area contributed by atoms with E-state index in [-0.39, 0.29) is 16.4 Å². The van der Waals surface area contributed by atoms with Crippen LogP contribution in [0.2, 0.25) is 0 Å². The van der Waals surface area contributed by atoms with Gasteiger partial charge in [-0.25, -0.2) is 0 Å². The minimum Gasteiger partial charge on any atom is -0.487 e. The molecule has 3 nitrogen and oxygen atoms in total. The Morgan fingerprint density at radius 3 is 2.00 bits per heavy atom. The summed E-state index contributed by atoms with van der Waals surface area (Å²) < 4.78 is 6.25. The zero-order chi connectivity index (χ0) is 23.4. The quantitative estimate of drug-likeness (QED) is 0.373. The number of carbonyl (C=O) groups excluding carboxylic acids is 1. The molecule has 2 aromatic rings. The first-order valence-corrected chi connectivity index (χ1v) is 10.6. The van der Waals surface area contributed by atoms with Gasteiger partial charge in [0.1, 0.15) is 17.6 Å². The number of benzene rings is 2. The van der Waals surface area contributed by atoms with E-state index >= 15 is 0 Å². The highest BCUT2D eigenvalue weighted by atomic mass is 16.5. The van der Waals surface area contributed by atoms with E-state index < -0.39 is 0 Å². The molecule has 0 fully saturated rings.